The van der Waals surface area contributed by atoms with Gasteiger partial charge in [0.15, 0.2) is 11.6 Å². The Balaban J connectivity index is 1.47. The van der Waals surface area contributed by atoms with E-state index in [-0.39, 0.29) is 5.75 Å². The molecule has 0 fully saturated rings. The lowest BCUT2D eigenvalue weighted by atomic mass is 10.3. The van der Waals surface area contributed by atoms with Gasteiger partial charge in [0.2, 0.25) is 0 Å². The maximum atomic E-state index is 14.8. The molecule has 4 nitrogen and oxygen atoms in total. The van der Waals surface area contributed by atoms with Gasteiger partial charge in [0.25, 0.3) is 0 Å². The van der Waals surface area contributed by atoms with E-state index in [9.17, 15) is 4.39 Å². The van der Waals surface area contributed by atoms with Gasteiger partial charge in [-0.05, 0) is 61.4 Å². The van der Waals surface area contributed by atoms with E-state index >= 15 is 0 Å². The molecule has 0 spiro atoms. The van der Waals surface area contributed by atoms with Gasteiger partial charge in [0.1, 0.15) is 5.75 Å². The second kappa shape index (κ2) is 11.6. The maximum Gasteiger partial charge on any atom is 0.167 e. The summed E-state index contributed by atoms with van der Waals surface area (Å²) in [6.45, 7) is 6.90. The summed E-state index contributed by atoms with van der Waals surface area (Å²) in [5.74, 6) is 6.67. The molecule has 4 aromatic rings. The first-order valence-corrected chi connectivity index (χ1v) is 12.8. The van der Waals surface area contributed by atoms with Crippen LogP contribution in [-0.2, 0) is 0 Å². The summed E-state index contributed by atoms with van der Waals surface area (Å²) in [4.78, 5) is 8.50. The third kappa shape index (κ3) is 6.22. The van der Waals surface area contributed by atoms with Gasteiger partial charge in [-0.2, -0.15) is 0 Å². The number of pyridine rings is 1. The van der Waals surface area contributed by atoms with E-state index in [4.69, 9.17) is 16.3 Å². The van der Waals surface area contributed by atoms with Crippen molar-refractivity contribution in [2.45, 2.75) is 18.7 Å². The summed E-state index contributed by atoms with van der Waals surface area (Å²) in [5.41, 5.74) is 1.41. The third-order valence-electron chi connectivity index (χ3n) is 5.02. The van der Waals surface area contributed by atoms with Gasteiger partial charge in [-0.15, -0.1) is 11.3 Å². The molecule has 8 heteroatoms. The number of benzene rings is 2. The lowest BCUT2D eigenvalue weighted by molar-refractivity contribution is 0.342. The molecular weight excluding hydrogens is 489 g/mol. The van der Waals surface area contributed by atoms with Crippen molar-refractivity contribution in [3.8, 4) is 23.3 Å². The van der Waals surface area contributed by atoms with Crippen LogP contribution in [0.2, 0.25) is 5.02 Å². The van der Waals surface area contributed by atoms with Gasteiger partial charge in [0.05, 0.1) is 21.6 Å². The Labute approximate surface area is 212 Å². The van der Waals surface area contributed by atoms with Crippen LogP contribution in [0.1, 0.15) is 18.7 Å². The van der Waals surface area contributed by atoms with Gasteiger partial charge >= 0.3 is 0 Å². The normalized spacial score (nSPS) is 10.9. The highest BCUT2D eigenvalue weighted by atomic mass is 35.5. The van der Waals surface area contributed by atoms with Crippen LogP contribution in [0.25, 0.3) is 10.2 Å². The summed E-state index contributed by atoms with van der Waals surface area (Å²) in [7, 11) is 0. The highest BCUT2D eigenvalue weighted by Crippen LogP contribution is 2.36. The fourth-order valence-corrected chi connectivity index (χ4v) is 5.05. The van der Waals surface area contributed by atoms with Gasteiger partial charge in [0, 0.05) is 33.9 Å². The average molecular weight is 512 g/mol. The molecule has 0 aliphatic rings. The summed E-state index contributed by atoms with van der Waals surface area (Å²) >= 11 is 8.87. The van der Waals surface area contributed by atoms with Crippen molar-refractivity contribution < 1.29 is 9.13 Å². The summed E-state index contributed by atoms with van der Waals surface area (Å²) in [6, 6.07) is 15.9. The quantitative estimate of drug-likeness (QED) is 0.194. The molecule has 2 aromatic carbocycles. The summed E-state index contributed by atoms with van der Waals surface area (Å²) < 4.78 is 24.7. The van der Waals surface area contributed by atoms with E-state index < -0.39 is 5.82 Å². The molecule has 0 amide bonds. The van der Waals surface area contributed by atoms with Crippen molar-refractivity contribution in [2.75, 3.05) is 24.4 Å². The van der Waals surface area contributed by atoms with Crippen molar-refractivity contribution in [3.05, 3.63) is 76.5 Å². The first kappa shape index (κ1) is 24.4. The highest BCUT2D eigenvalue weighted by Gasteiger charge is 2.12. The van der Waals surface area contributed by atoms with Crippen LogP contribution >= 0.6 is 34.9 Å². The van der Waals surface area contributed by atoms with Crippen molar-refractivity contribution in [1.82, 2.24) is 9.88 Å². The molecule has 2 aromatic heterocycles. The molecule has 4 rings (SSSR count). The third-order valence-corrected chi connectivity index (χ3v) is 7.14. The topological polar surface area (TPSA) is 37.4 Å². The number of nitrogens with one attached hydrogen (secondary N) is 1. The minimum Gasteiger partial charge on any atom is -0.453 e. The Morgan fingerprint density at radius 3 is 2.74 bits per heavy atom. The van der Waals surface area contributed by atoms with Crippen LogP contribution in [0, 0.1) is 17.7 Å². The van der Waals surface area contributed by atoms with E-state index in [1.54, 1.807) is 24.4 Å². The largest absolute Gasteiger partial charge is 0.453 e. The number of nitrogens with zero attached hydrogens (tertiary/aromatic N) is 2. The lowest BCUT2D eigenvalue weighted by Crippen LogP contribution is -2.22. The number of hydrogen-bond acceptors (Lipinski definition) is 6. The molecule has 2 heterocycles. The molecule has 0 saturated carbocycles. The fraction of sp³-hybridized carbons (Fsp3) is 0.192. The van der Waals surface area contributed by atoms with Gasteiger partial charge in [-0.25, -0.2) is 4.39 Å². The second-order valence-corrected chi connectivity index (χ2v) is 9.67. The van der Waals surface area contributed by atoms with Crippen LogP contribution in [0.5, 0.6) is 11.5 Å². The molecule has 174 valence electrons. The molecule has 0 radical (unpaired) electrons. The predicted octanol–water partition coefficient (Wildman–Crippen LogP) is 7.69. The Morgan fingerprint density at radius 2 is 1.97 bits per heavy atom. The van der Waals surface area contributed by atoms with E-state index in [0.717, 1.165) is 39.6 Å². The summed E-state index contributed by atoms with van der Waals surface area (Å²) in [5, 5.41) is 0.650. The summed E-state index contributed by atoms with van der Waals surface area (Å²) in [6.07, 6.45) is 1.66. The lowest BCUT2D eigenvalue weighted by Gasteiger charge is -2.12. The second-order valence-electron chi connectivity index (χ2n) is 7.31. The number of hydrogen-bond donors (Lipinski definition) is 1. The van der Waals surface area contributed by atoms with Crippen molar-refractivity contribution >= 4 is 50.8 Å². The first-order chi connectivity index (χ1) is 16.6. The smallest absolute Gasteiger partial charge is 0.167 e. The first-order valence-electron chi connectivity index (χ1n) is 10.8. The number of aromatic nitrogens is 1. The molecule has 0 aliphatic heterocycles. The Morgan fingerprint density at radius 1 is 1.12 bits per heavy atom. The number of halogens is 2. The zero-order valence-electron chi connectivity index (χ0n) is 18.8. The molecule has 0 atom stereocenters. The number of ether oxygens (including phenoxy) is 1. The van der Waals surface area contributed by atoms with Crippen LogP contribution in [-0.4, -0.2) is 29.5 Å². The average Bonchev–Trinajstić information content (AvgIpc) is 3.26. The van der Waals surface area contributed by atoms with E-state index in [0.29, 0.717) is 16.5 Å². The minimum absolute atomic E-state index is 0.147. The van der Waals surface area contributed by atoms with Crippen molar-refractivity contribution in [2.24, 2.45) is 0 Å². The maximum absolute atomic E-state index is 14.8. The number of rotatable bonds is 8. The van der Waals surface area contributed by atoms with Crippen LogP contribution in [0.3, 0.4) is 0 Å². The molecule has 0 saturated heterocycles. The van der Waals surface area contributed by atoms with Crippen LogP contribution in [0.15, 0.2) is 65.7 Å². The molecule has 34 heavy (non-hydrogen) atoms. The Hall–Kier alpha value is -2.76. The van der Waals surface area contributed by atoms with Gasteiger partial charge < -0.3 is 9.46 Å². The van der Waals surface area contributed by atoms with Crippen LogP contribution < -0.4 is 9.46 Å². The standard InChI is InChI=1S/C26H23ClFN3OS2/c1-3-31(4-2)14-6-9-20-17-23-26(33-20)25(12-13-29-23)32-24-11-10-19(16-22(24)28)30-34-21-8-5-7-18(27)15-21/h5,7-8,10-13,15-17,30H,3-4,14H2,1-2H3. The fourth-order valence-electron chi connectivity index (χ4n) is 3.16. The van der Waals surface area contributed by atoms with E-state index in [1.165, 1.54) is 29.4 Å². The zero-order chi connectivity index (χ0) is 23.9. The zero-order valence-corrected chi connectivity index (χ0v) is 21.2. The predicted molar refractivity (Wildman–Crippen MR) is 142 cm³/mol. The van der Waals surface area contributed by atoms with E-state index in [2.05, 4.69) is 40.3 Å². The van der Waals surface area contributed by atoms with Crippen molar-refractivity contribution in [1.29, 1.82) is 0 Å². The monoisotopic (exact) mass is 511 g/mol. The minimum atomic E-state index is -0.461. The molecular formula is C26H23ClFN3OS2. The number of thiophene rings is 1. The van der Waals surface area contributed by atoms with Gasteiger partial charge in [-0.1, -0.05) is 43.4 Å². The van der Waals surface area contributed by atoms with Crippen molar-refractivity contribution in [3.63, 3.8) is 0 Å². The van der Waals surface area contributed by atoms with Gasteiger partial charge in [-0.3, -0.25) is 9.88 Å². The molecule has 0 unspecified atom stereocenters. The number of fused-ring (bicyclic) bond motifs is 1. The molecule has 1 N–H and O–H groups in total. The van der Waals surface area contributed by atoms with E-state index in [1.807, 2.05) is 30.3 Å². The molecule has 0 aliphatic carbocycles. The van der Waals surface area contributed by atoms with Crippen LogP contribution in [0.4, 0.5) is 10.1 Å². The highest BCUT2D eigenvalue weighted by molar-refractivity contribution is 8.00. The number of anilines is 1. The molecule has 0 bridgehead atoms. The SMILES string of the molecule is CCN(CC)CC#Cc1cc2nccc(Oc3ccc(NSc4cccc(Cl)c4)cc3F)c2s1. The Bertz CT molecular complexity index is 1340. The Kier molecular flexibility index (Phi) is 8.30.